The van der Waals surface area contributed by atoms with Gasteiger partial charge in [-0.1, -0.05) is 0 Å². The summed E-state index contributed by atoms with van der Waals surface area (Å²) in [5.41, 5.74) is -0.678. The fourth-order valence-corrected chi connectivity index (χ4v) is 1.67. The van der Waals surface area contributed by atoms with Gasteiger partial charge in [0.05, 0.1) is 12.7 Å². The predicted molar refractivity (Wildman–Crippen MR) is 55.1 cm³/mol. The Hall–Kier alpha value is -0.870. The molecule has 0 saturated heterocycles. The van der Waals surface area contributed by atoms with Crippen LogP contribution in [0.3, 0.4) is 0 Å². The summed E-state index contributed by atoms with van der Waals surface area (Å²) in [6.45, 7) is 0. The van der Waals surface area contributed by atoms with Crippen LogP contribution in [0.4, 0.5) is 22.0 Å². The highest BCUT2D eigenvalue weighted by Crippen LogP contribution is 2.40. The van der Waals surface area contributed by atoms with Gasteiger partial charge in [0.15, 0.2) is 5.75 Å². The highest BCUT2D eigenvalue weighted by molar-refractivity contribution is 14.1. The van der Waals surface area contributed by atoms with E-state index in [1.54, 1.807) is 0 Å². The van der Waals surface area contributed by atoms with Crippen molar-refractivity contribution >= 4 is 22.6 Å². The lowest BCUT2D eigenvalue weighted by molar-refractivity contribution is -0.276. The van der Waals surface area contributed by atoms with Crippen molar-refractivity contribution in [3.05, 3.63) is 15.3 Å². The molecule has 1 aromatic rings. The molecule has 1 heterocycles. The van der Waals surface area contributed by atoms with Crippen molar-refractivity contribution in [3.8, 4) is 11.6 Å². The Bertz CT molecular complexity index is 410. The molecule has 0 radical (unpaired) electrons. The van der Waals surface area contributed by atoms with E-state index in [1.165, 1.54) is 22.6 Å². The van der Waals surface area contributed by atoms with E-state index < -0.39 is 30.0 Å². The number of methoxy groups -OCH3 is 1. The molecule has 0 unspecified atom stereocenters. The highest BCUT2D eigenvalue weighted by atomic mass is 127. The number of aromatic nitrogens is 1. The van der Waals surface area contributed by atoms with Crippen LogP contribution in [0.25, 0.3) is 0 Å². The molecule has 0 aliphatic carbocycles. The first-order valence-electron chi connectivity index (χ1n) is 4.02. The Kier molecular flexibility index (Phi) is 4.33. The summed E-state index contributed by atoms with van der Waals surface area (Å²) in [6.07, 6.45) is -7.16. The molecule has 17 heavy (non-hydrogen) atoms. The van der Waals surface area contributed by atoms with Crippen LogP contribution in [0, 0.1) is 3.57 Å². The van der Waals surface area contributed by atoms with Gasteiger partial charge in [-0.3, -0.25) is 0 Å². The Labute approximate surface area is 106 Å². The molecule has 0 aliphatic heterocycles. The maximum atomic E-state index is 12.6. The summed E-state index contributed by atoms with van der Waals surface area (Å²) < 4.78 is 69.2. The normalized spacial score (nSPS) is 11.8. The van der Waals surface area contributed by atoms with E-state index in [1.807, 2.05) is 0 Å². The van der Waals surface area contributed by atoms with Gasteiger partial charge < -0.3 is 9.47 Å². The van der Waals surface area contributed by atoms with Crippen LogP contribution in [0.2, 0.25) is 0 Å². The molecule has 96 valence electrons. The zero-order chi connectivity index (χ0) is 13.2. The Morgan fingerprint density at radius 1 is 1.35 bits per heavy atom. The minimum atomic E-state index is -5.02. The van der Waals surface area contributed by atoms with Crippen LogP contribution in [0.15, 0.2) is 6.20 Å². The van der Waals surface area contributed by atoms with Gasteiger partial charge in [0.1, 0.15) is 0 Å². The molecule has 0 aliphatic rings. The fourth-order valence-electron chi connectivity index (χ4n) is 1.05. The fraction of sp³-hybridized carbons (Fsp3) is 0.375. The van der Waals surface area contributed by atoms with Crippen molar-refractivity contribution in [1.29, 1.82) is 0 Å². The SMILES string of the molecule is COc1c(OC(F)(F)F)ncc(I)c1C(F)F. The van der Waals surface area contributed by atoms with Crippen LogP contribution in [0.1, 0.15) is 12.0 Å². The molecule has 1 aromatic heterocycles. The second-order valence-electron chi connectivity index (χ2n) is 2.71. The van der Waals surface area contributed by atoms with E-state index in [-0.39, 0.29) is 3.57 Å². The van der Waals surface area contributed by atoms with Gasteiger partial charge in [-0.15, -0.1) is 13.2 Å². The minimum absolute atomic E-state index is 0.0102. The Morgan fingerprint density at radius 3 is 2.35 bits per heavy atom. The lowest BCUT2D eigenvalue weighted by Crippen LogP contribution is -2.19. The minimum Gasteiger partial charge on any atom is -0.491 e. The van der Waals surface area contributed by atoms with Gasteiger partial charge in [0.25, 0.3) is 12.3 Å². The van der Waals surface area contributed by atoms with E-state index in [4.69, 9.17) is 0 Å². The number of halogens is 6. The summed E-state index contributed by atoms with van der Waals surface area (Å²) in [5.74, 6) is -1.75. The van der Waals surface area contributed by atoms with Crippen LogP contribution in [0.5, 0.6) is 11.6 Å². The zero-order valence-corrected chi connectivity index (χ0v) is 10.3. The van der Waals surface area contributed by atoms with Crippen molar-refractivity contribution < 1.29 is 31.4 Å². The summed E-state index contributed by atoms with van der Waals surface area (Å²) >= 11 is 1.52. The summed E-state index contributed by atoms with van der Waals surface area (Å²) in [5, 5.41) is 0. The van der Waals surface area contributed by atoms with Crippen LogP contribution < -0.4 is 9.47 Å². The molecule has 1 rings (SSSR count). The molecular weight excluding hydrogens is 364 g/mol. The second-order valence-corrected chi connectivity index (χ2v) is 3.87. The predicted octanol–water partition coefficient (Wildman–Crippen LogP) is 3.53. The lowest BCUT2D eigenvalue weighted by Gasteiger charge is -2.15. The molecule has 9 heteroatoms. The molecule has 0 N–H and O–H groups in total. The van der Waals surface area contributed by atoms with E-state index in [0.717, 1.165) is 13.3 Å². The third kappa shape index (κ3) is 3.54. The lowest BCUT2D eigenvalue weighted by atomic mass is 10.2. The maximum absolute atomic E-state index is 12.6. The first kappa shape index (κ1) is 14.2. The van der Waals surface area contributed by atoms with Crippen molar-refractivity contribution in [2.45, 2.75) is 12.8 Å². The van der Waals surface area contributed by atoms with Crippen LogP contribution in [-0.2, 0) is 0 Å². The maximum Gasteiger partial charge on any atom is 0.574 e. The number of alkyl halides is 5. The molecule has 0 fully saturated rings. The van der Waals surface area contributed by atoms with E-state index >= 15 is 0 Å². The number of pyridine rings is 1. The van der Waals surface area contributed by atoms with E-state index in [9.17, 15) is 22.0 Å². The van der Waals surface area contributed by atoms with Crippen molar-refractivity contribution in [1.82, 2.24) is 4.98 Å². The number of nitrogens with zero attached hydrogens (tertiary/aromatic N) is 1. The smallest absolute Gasteiger partial charge is 0.491 e. The topological polar surface area (TPSA) is 31.4 Å². The van der Waals surface area contributed by atoms with Crippen molar-refractivity contribution in [3.63, 3.8) is 0 Å². The van der Waals surface area contributed by atoms with E-state index in [2.05, 4.69) is 14.5 Å². The van der Waals surface area contributed by atoms with Crippen molar-refractivity contribution in [2.75, 3.05) is 7.11 Å². The first-order valence-corrected chi connectivity index (χ1v) is 5.10. The molecular formula is C8H5F5INO2. The summed E-state index contributed by atoms with van der Waals surface area (Å²) in [7, 11) is 0.961. The third-order valence-electron chi connectivity index (χ3n) is 1.63. The zero-order valence-electron chi connectivity index (χ0n) is 8.19. The first-order chi connectivity index (χ1) is 7.76. The quantitative estimate of drug-likeness (QED) is 0.604. The standard InChI is InChI=1S/C8H5F5INO2/c1-16-5-4(6(9)10)3(14)2-15-7(5)17-8(11,12)13/h2,6H,1H3. The molecule has 0 saturated carbocycles. The van der Waals surface area contributed by atoms with Gasteiger partial charge in [-0.25, -0.2) is 13.8 Å². The second kappa shape index (κ2) is 5.19. The Morgan fingerprint density at radius 2 is 1.94 bits per heavy atom. The number of rotatable bonds is 3. The van der Waals surface area contributed by atoms with Gasteiger partial charge in [-0.05, 0) is 22.6 Å². The Balaban J connectivity index is 3.28. The van der Waals surface area contributed by atoms with Gasteiger partial charge >= 0.3 is 6.36 Å². The molecule has 0 amide bonds. The average Bonchev–Trinajstić information content (AvgIpc) is 2.17. The summed E-state index contributed by atoms with van der Waals surface area (Å²) in [4.78, 5) is 3.27. The van der Waals surface area contributed by atoms with E-state index in [0.29, 0.717) is 0 Å². The van der Waals surface area contributed by atoms with Crippen LogP contribution >= 0.6 is 22.6 Å². The van der Waals surface area contributed by atoms with Crippen molar-refractivity contribution in [2.24, 2.45) is 0 Å². The van der Waals surface area contributed by atoms with Gasteiger partial charge in [0, 0.05) is 9.77 Å². The highest BCUT2D eigenvalue weighted by Gasteiger charge is 2.35. The summed E-state index contributed by atoms with van der Waals surface area (Å²) in [6, 6.07) is 0. The number of hydrogen-bond acceptors (Lipinski definition) is 3. The molecule has 0 spiro atoms. The third-order valence-corrected chi connectivity index (χ3v) is 2.49. The van der Waals surface area contributed by atoms with Gasteiger partial charge in [-0.2, -0.15) is 0 Å². The molecule has 0 bridgehead atoms. The average molecular weight is 369 g/mol. The van der Waals surface area contributed by atoms with Crippen LogP contribution in [-0.4, -0.2) is 18.5 Å². The number of hydrogen-bond donors (Lipinski definition) is 0. The molecule has 3 nitrogen and oxygen atoms in total. The molecule has 0 atom stereocenters. The monoisotopic (exact) mass is 369 g/mol. The molecule has 0 aromatic carbocycles. The number of ether oxygens (including phenoxy) is 2. The van der Waals surface area contributed by atoms with Gasteiger partial charge in [0.2, 0.25) is 0 Å². The largest absolute Gasteiger partial charge is 0.574 e.